The minimum atomic E-state index is -0.175. The average molecular weight is 299 g/mol. The fourth-order valence-corrected chi connectivity index (χ4v) is 2.37. The number of hydrogen-bond acceptors (Lipinski definition) is 3. The third-order valence-corrected chi connectivity index (χ3v) is 3.37. The van der Waals surface area contributed by atoms with Crippen LogP contribution >= 0.6 is 0 Å². The summed E-state index contributed by atoms with van der Waals surface area (Å²) < 4.78 is 10.6. The first-order chi connectivity index (χ1) is 10.5. The third-order valence-electron chi connectivity index (χ3n) is 3.37. The van der Waals surface area contributed by atoms with E-state index < -0.39 is 0 Å². The molecule has 0 saturated carbocycles. The van der Waals surface area contributed by atoms with Gasteiger partial charge in [-0.2, -0.15) is 0 Å². The second-order valence-corrected chi connectivity index (χ2v) is 5.29. The summed E-state index contributed by atoms with van der Waals surface area (Å²) in [6.07, 6.45) is 0. The molecule has 0 aliphatic rings. The van der Waals surface area contributed by atoms with Gasteiger partial charge in [-0.25, -0.2) is 0 Å². The molecular weight excluding hydrogens is 278 g/mol. The van der Waals surface area contributed by atoms with Crippen molar-refractivity contribution >= 4 is 11.6 Å². The quantitative estimate of drug-likeness (QED) is 0.917. The molecule has 1 N–H and O–H groups in total. The van der Waals surface area contributed by atoms with E-state index in [0.29, 0.717) is 5.75 Å². The Bertz CT molecular complexity index is 640. The Labute approximate surface area is 131 Å². The van der Waals surface area contributed by atoms with Crippen molar-refractivity contribution < 1.29 is 14.3 Å². The Morgan fingerprint density at radius 3 is 2.09 bits per heavy atom. The van der Waals surface area contributed by atoms with Crippen molar-refractivity contribution in [3.63, 3.8) is 0 Å². The maximum atomic E-state index is 12.0. The van der Waals surface area contributed by atoms with E-state index in [4.69, 9.17) is 9.47 Å². The number of carbonyl (C=O) groups excluding carboxylic acids is 1. The van der Waals surface area contributed by atoms with Gasteiger partial charge in [-0.15, -0.1) is 0 Å². The summed E-state index contributed by atoms with van der Waals surface area (Å²) in [5.41, 5.74) is 4.14. The zero-order chi connectivity index (χ0) is 16.1. The number of aryl methyl sites for hydroxylation is 3. The fraction of sp³-hybridized carbons (Fsp3) is 0.278. The van der Waals surface area contributed by atoms with E-state index in [1.807, 2.05) is 32.9 Å². The van der Waals surface area contributed by atoms with E-state index in [1.165, 1.54) is 5.56 Å². The Morgan fingerprint density at radius 2 is 1.55 bits per heavy atom. The van der Waals surface area contributed by atoms with Crippen LogP contribution in [0.1, 0.15) is 16.7 Å². The van der Waals surface area contributed by atoms with Gasteiger partial charge in [-0.3, -0.25) is 4.79 Å². The van der Waals surface area contributed by atoms with Crippen molar-refractivity contribution in [1.82, 2.24) is 0 Å². The molecule has 116 valence electrons. The summed E-state index contributed by atoms with van der Waals surface area (Å²) in [6.45, 7) is 5.98. The lowest BCUT2D eigenvalue weighted by Gasteiger charge is -2.13. The van der Waals surface area contributed by atoms with Crippen LogP contribution in [0.2, 0.25) is 0 Å². The zero-order valence-corrected chi connectivity index (χ0v) is 13.4. The Kier molecular flexibility index (Phi) is 5.04. The molecule has 0 saturated heterocycles. The number of benzene rings is 2. The van der Waals surface area contributed by atoms with Crippen molar-refractivity contribution in [2.45, 2.75) is 20.8 Å². The first kappa shape index (κ1) is 15.9. The summed E-state index contributed by atoms with van der Waals surface area (Å²) in [5, 5.41) is 2.91. The number of carbonyl (C=O) groups is 1. The molecule has 4 heteroatoms. The Balaban J connectivity index is 1.95. The van der Waals surface area contributed by atoms with E-state index in [1.54, 1.807) is 31.4 Å². The van der Waals surface area contributed by atoms with Crippen molar-refractivity contribution in [2.24, 2.45) is 0 Å². The van der Waals surface area contributed by atoms with E-state index in [9.17, 15) is 4.79 Å². The van der Waals surface area contributed by atoms with Crippen molar-refractivity contribution in [3.05, 3.63) is 53.1 Å². The van der Waals surface area contributed by atoms with Crippen LogP contribution in [0, 0.1) is 20.8 Å². The van der Waals surface area contributed by atoms with Crippen molar-refractivity contribution in [1.29, 1.82) is 0 Å². The molecule has 2 rings (SSSR count). The molecule has 1 amide bonds. The summed E-state index contributed by atoms with van der Waals surface area (Å²) in [7, 11) is 1.61. The molecule has 0 fully saturated rings. The molecule has 0 atom stereocenters. The molecule has 0 spiro atoms. The molecule has 22 heavy (non-hydrogen) atoms. The molecule has 2 aromatic rings. The predicted octanol–water partition coefficient (Wildman–Crippen LogP) is 3.64. The third kappa shape index (κ3) is 4.01. The molecule has 0 bridgehead atoms. The highest BCUT2D eigenvalue weighted by Gasteiger charge is 2.09. The fourth-order valence-electron chi connectivity index (χ4n) is 2.37. The summed E-state index contributed by atoms with van der Waals surface area (Å²) in [6, 6.07) is 11.2. The lowest BCUT2D eigenvalue weighted by Crippen LogP contribution is -2.21. The van der Waals surface area contributed by atoms with E-state index in [2.05, 4.69) is 5.32 Å². The van der Waals surface area contributed by atoms with Gasteiger partial charge in [0.15, 0.2) is 6.61 Å². The van der Waals surface area contributed by atoms with Gasteiger partial charge >= 0.3 is 0 Å². The molecule has 0 aliphatic heterocycles. The first-order valence-corrected chi connectivity index (χ1v) is 7.14. The topological polar surface area (TPSA) is 47.6 Å². The number of anilines is 1. The van der Waals surface area contributed by atoms with E-state index in [-0.39, 0.29) is 12.5 Å². The molecule has 4 nitrogen and oxygen atoms in total. The van der Waals surface area contributed by atoms with Gasteiger partial charge in [-0.05, 0) is 56.2 Å². The lowest BCUT2D eigenvalue weighted by atomic mass is 10.1. The van der Waals surface area contributed by atoms with Crippen LogP contribution in [0.4, 0.5) is 5.69 Å². The van der Waals surface area contributed by atoms with Gasteiger partial charge in [0, 0.05) is 5.69 Å². The standard InChI is InChI=1S/C18H21NO3/c1-12-9-13(2)18(14(3)10-12)19-17(20)11-22-16-7-5-15(21-4)6-8-16/h5-10H,11H2,1-4H3,(H,19,20). The number of nitrogens with one attached hydrogen (secondary N) is 1. The van der Waals surface area contributed by atoms with Gasteiger partial charge in [0.2, 0.25) is 0 Å². The minimum Gasteiger partial charge on any atom is -0.497 e. The van der Waals surface area contributed by atoms with Crippen LogP contribution in [0.25, 0.3) is 0 Å². The number of methoxy groups -OCH3 is 1. The zero-order valence-electron chi connectivity index (χ0n) is 13.4. The molecule has 2 aromatic carbocycles. The Morgan fingerprint density at radius 1 is 1.00 bits per heavy atom. The van der Waals surface area contributed by atoms with Crippen LogP contribution in [0.15, 0.2) is 36.4 Å². The molecule has 0 aromatic heterocycles. The normalized spacial score (nSPS) is 10.2. The predicted molar refractivity (Wildman–Crippen MR) is 87.8 cm³/mol. The summed E-state index contributed by atoms with van der Waals surface area (Å²) >= 11 is 0. The van der Waals surface area contributed by atoms with E-state index >= 15 is 0 Å². The monoisotopic (exact) mass is 299 g/mol. The van der Waals surface area contributed by atoms with Crippen LogP contribution < -0.4 is 14.8 Å². The lowest BCUT2D eigenvalue weighted by molar-refractivity contribution is -0.118. The number of amides is 1. The number of ether oxygens (including phenoxy) is 2. The first-order valence-electron chi connectivity index (χ1n) is 7.14. The molecular formula is C18H21NO3. The van der Waals surface area contributed by atoms with Crippen molar-refractivity contribution in [2.75, 3.05) is 19.0 Å². The van der Waals surface area contributed by atoms with Crippen molar-refractivity contribution in [3.8, 4) is 11.5 Å². The molecule has 0 aliphatic carbocycles. The van der Waals surface area contributed by atoms with Gasteiger partial charge in [0.25, 0.3) is 5.91 Å². The van der Waals surface area contributed by atoms with Gasteiger partial charge in [0.05, 0.1) is 7.11 Å². The number of hydrogen-bond donors (Lipinski definition) is 1. The number of rotatable bonds is 5. The largest absolute Gasteiger partial charge is 0.497 e. The summed E-state index contributed by atoms with van der Waals surface area (Å²) in [5.74, 6) is 1.21. The van der Waals surface area contributed by atoms with E-state index in [0.717, 1.165) is 22.6 Å². The molecule has 0 heterocycles. The van der Waals surface area contributed by atoms with Gasteiger partial charge in [-0.1, -0.05) is 17.7 Å². The highest BCUT2D eigenvalue weighted by molar-refractivity contribution is 5.93. The molecule has 0 radical (unpaired) electrons. The van der Waals surface area contributed by atoms with Gasteiger partial charge in [0.1, 0.15) is 11.5 Å². The van der Waals surface area contributed by atoms with Crippen LogP contribution in [-0.4, -0.2) is 19.6 Å². The van der Waals surface area contributed by atoms with Gasteiger partial charge < -0.3 is 14.8 Å². The second kappa shape index (κ2) is 6.98. The highest BCUT2D eigenvalue weighted by Crippen LogP contribution is 2.22. The van der Waals surface area contributed by atoms with Crippen LogP contribution in [-0.2, 0) is 4.79 Å². The average Bonchev–Trinajstić information content (AvgIpc) is 2.49. The maximum Gasteiger partial charge on any atom is 0.262 e. The Hall–Kier alpha value is -2.49. The molecule has 0 unspecified atom stereocenters. The van der Waals surface area contributed by atoms with Crippen LogP contribution in [0.5, 0.6) is 11.5 Å². The summed E-state index contributed by atoms with van der Waals surface area (Å²) in [4.78, 5) is 12.0. The highest BCUT2D eigenvalue weighted by atomic mass is 16.5. The second-order valence-electron chi connectivity index (χ2n) is 5.29. The minimum absolute atomic E-state index is 0.0287. The smallest absolute Gasteiger partial charge is 0.262 e. The SMILES string of the molecule is COc1ccc(OCC(=O)Nc2c(C)cc(C)cc2C)cc1. The van der Waals surface area contributed by atoms with Crippen LogP contribution in [0.3, 0.4) is 0 Å². The maximum absolute atomic E-state index is 12.0.